The van der Waals surface area contributed by atoms with Crippen LogP contribution in [0.5, 0.6) is 0 Å². The van der Waals surface area contributed by atoms with Gasteiger partial charge < -0.3 is 15.1 Å². The topological polar surface area (TPSA) is 106 Å². The molecular formula is C27H26F3N5O4S. The SMILES string of the molecule is Cc1nc(NCc2cccc(C(F)F)c2F)c2cn(N3CCOCC3)c(=O)c(-c3ccc(S(C)(=O)=O)cc3)c2n1. The van der Waals surface area contributed by atoms with Crippen LogP contribution in [-0.4, -0.2) is 55.6 Å². The number of nitrogens with one attached hydrogen (secondary N) is 1. The number of fused-ring (bicyclic) bond motifs is 1. The highest BCUT2D eigenvalue weighted by Crippen LogP contribution is 2.30. The second kappa shape index (κ2) is 10.9. The zero-order valence-electron chi connectivity index (χ0n) is 21.7. The lowest BCUT2D eigenvalue weighted by Gasteiger charge is -2.31. The van der Waals surface area contributed by atoms with Crippen LogP contribution in [-0.2, 0) is 21.1 Å². The molecular weight excluding hydrogens is 547 g/mol. The van der Waals surface area contributed by atoms with Gasteiger partial charge in [0.2, 0.25) is 0 Å². The van der Waals surface area contributed by atoms with E-state index in [2.05, 4.69) is 15.3 Å². The van der Waals surface area contributed by atoms with Crippen LogP contribution < -0.4 is 15.9 Å². The maximum atomic E-state index is 14.7. The lowest BCUT2D eigenvalue weighted by molar-refractivity contribution is 0.111. The average molecular weight is 574 g/mol. The molecule has 1 aliphatic heterocycles. The van der Waals surface area contributed by atoms with E-state index in [4.69, 9.17) is 4.74 Å². The van der Waals surface area contributed by atoms with Crippen LogP contribution in [0.4, 0.5) is 19.0 Å². The van der Waals surface area contributed by atoms with Crippen molar-refractivity contribution in [1.29, 1.82) is 0 Å². The Balaban J connectivity index is 1.67. The number of aromatic nitrogens is 3. The Labute approximate surface area is 228 Å². The molecule has 0 atom stereocenters. The number of aryl methyl sites for hydroxylation is 1. The van der Waals surface area contributed by atoms with E-state index in [0.29, 0.717) is 48.6 Å². The van der Waals surface area contributed by atoms with E-state index < -0.39 is 27.6 Å². The number of pyridine rings is 1. The van der Waals surface area contributed by atoms with Crippen molar-refractivity contribution >= 4 is 26.6 Å². The molecule has 2 aromatic heterocycles. The van der Waals surface area contributed by atoms with Gasteiger partial charge in [-0.05, 0) is 24.6 Å². The third-order valence-electron chi connectivity index (χ3n) is 6.62. The molecule has 5 rings (SSSR count). The Hall–Kier alpha value is -3.97. The summed E-state index contributed by atoms with van der Waals surface area (Å²) in [6, 6.07) is 9.75. The predicted molar refractivity (Wildman–Crippen MR) is 145 cm³/mol. The van der Waals surface area contributed by atoms with Gasteiger partial charge in [-0.15, -0.1) is 0 Å². The van der Waals surface area contributed by atoms with Gasteiger partial charge in [0.15, 0.2) is 9.84 Å². The van der Waals surface area contributed by atoms with Gasteiger partial charge in [0, 0.05) is 24.6 Å². The fraction of sp³-hybridized carbons (Fsp3) is 0.296. The van der Waals surface area contributed by atoms with Gasteiger partial charge in [0.1, 0.15) is 17.5 Å². The number of hydrogen-bond donors (Lipinski definition) is 1. The average Bonchev–Trinajstić information content (AvgIpc) is 2.92. The Bertz CT molecular complexity index is 1740. The van der Waals surface area contributed by atoms with Crippen molar-refractivity contribution in [2.75, 3.05) is 42.9 Å². The van der Waals surface area contributed by atoms with E-state index >= 15 is 0 Å². The number of nitrogens with zero attached hydrogens (tertiary/aromatic N) is 4. The Kier molecular flexibility index (Phi) is 7.51. The molecule has 1 aliphatic rings. The minimum atomic E-state index is -3.46. The molecule has 0 spiro atoms. The lowest BCUT2D eigenvalue weighted by atomic mass is 10.0. The van der Waals surface area contributed by atoms with Crippen molar-refractivity contribution in [1.82, 2.24) is 14.6 Å². The molecule has 0 radical (unpaired) electrons. The minimum Gasteiger partial charge on any atom is -0.378 e. The number of alkyl halides is 2. The molecule has 0 saturated carbocycles. The van der Waals surface area contributed by atoms with E-state index in [-0.39, 0.29) is 33.9 Å². The van der Waals surface area contributed by atoms with Crippen molar-refractivity contribution in [3.63, 3.8) is 0 Å². The summed E-state index contributed by atoms with van der Waals surface area (Å²) in [5.74, 6) is -0.410. The number of hydrogen-bond acceptors (Lipinski definition) is 8. The normalized spacial score (nSPS) is 14.2. The quantitative estimate of drug-likeness (QED) is 0.356. The molecule has 0 unspecified atom stereocenters. The number of halogens is 3. The summed E-state index contributed by atoms with van der Waals surface area (Å²) in [6.07, 6.45) is -0.271. The van der Waals surface area contributed by atoms with Crippen LogP contribution in [0.25, 0.3) is 22.0 Å². The van der Waals surface area contributed by atoms with Crippen molar-refractivity contribution in [2.24, 2.45) is 0 Å². The van der Waals surface area contributed by atoms with Crippen LogP contribution in [0.3, 0.4) is 0 Å². The van der Waals surface area contributed by atoms with Gasteiger partial charge in [0.05, 0.1) is 53.2 Å². The molecule has 40 heavy (non-hydrogen) atoms. The first-order chi connectivity index (χ1) is 19.0. The fourth-order valence-corrected chi connectivity index (χ4v) is 5.25. The van der Waals surface area contributed by atoms with E-state index in [1.54, 1.807) is 25.3 Å². The summed E-state index contributed by atoms with van der Waals surface area (Å²) in [6.45, 7) is 3.20. The number of morpholine rings is 1. The standard InChI is InChI=1S/C27H26F3N5O4S/c1-16-32-24-21(26(33-16)31-14-18-4-3-5-20(23(18)28)25(29)30)15-35(34-10-12-39-13-11-34)27(36)22(24)17-6-8-19(9-7-17)40(2,37)38/h3-9,15,25H,10-14H2,1-2H3,(H,31,32,33). The zero-order valence-corrected chi connectivity index (χ0v) is 22.5. The van der Waals surface area contributed by atoms with Crippen LogP contribution in [0, 0.1) is 12.7 Å². The zero-order chi connectivity index (χ0) is 28.6. The van der Waals surface area contributed by atoms with Gasteiger partial charge in [-0.1, -0.05) is 30.3 Å². The minimum absolute atomic E-state index is 0.0281. The summed E-state index contributed by atoms with van der Waals surface area (Å²) in [5, 5.41) is 5.28. The molecule has 210 valence electrons. The summed E-state index contributed by atoms with van der Waals surface area (Å²) in [5.41, 5.74) is -0.0582. The molecule has 1 saturated heterocycles. The first-order valence-corrected chi connectivity index (χ1v) is 14.3. The van der Waals surface area contributed by atoms with Crippen LogP contribution >= 0.6 is 0 Å². The summed E-state index contributed by atoms with van der Waals surface area (Å²) in [7, 11) is -3.46. The highest BCUT2D eigenvalue weighted by molar-refractivity contribution is 7.90. The highest BCUT2D eigenvalue weighted by Gasteiger charge is 2.22. The summed E-state index contributed by atoms with van der Waals surface area (Å²) in [4.78, 5) is 23.0. The summed E-state index contributed by atoms with van der Waals surface area (Å²) < 4.78 is 72.1. The summed E-state index contributed by atoms with van der Waals surface area (Å²) >= 11 is 0. The van der Waals surface area contributed by atoms with Gasteiger partial charge >= 0.3 is 0 Å². The van der Waals surface area contributed by atoms with Crippen LogP contribution in [0.1, 0.15) is 23.4 Å². The van der Waals surface area contributed by atoms with E-state index in [9.17, 15) is 26.4 Å². The van der Waals surface area contributed by atoms with Crippen molar-refractivity contribution in [3.8, 4) is 11.1 Å². The third kappa shape index (κ3) is 5.39. The number of benzene rings is 2. The largest absolute Gasteiger partial charge is 0.378 e. The molecule has 4 aromatic rings. The smallest absolute Gasteiger partial charge is 0.279 e. The Morgan fingerprint density at radius 2 is 1.77 bits per heavy atom. The molecule has 0 bridgehead atoms. The molecule has 3 heterocycles. The molecule has 1 fully saturated rings. The number of ether oxygens (including phenoxy) is 1. The lowest BCUT2D eigenvalue weighted by Crippen LogP contribution is -2.49. The molecule has 13 heteroatoms. The van der Waals surface area contributed by atoms with Gasteiger partial charge in [0.25, 0.3) is 12.0 Å². The molecule has 9 nitrogen and oxygen atoms in total. The Morgan fingerprint density at radius 1 is 1.07 bits per heavy atom. The van der Waals surface area contributed by atoms with E-state index in [1.165, 1.54) is 28.9 Å². The maximum absolute atomic E-state index is 14.7. The second-order valence-corrected chi connectivity index (χ2v) is 11.4. The highest BCUT2D eigenvalue weighted by atomic mass is 32.2. The van der Waals surface area contributed by atoms with Gasteiger partial charge in [-0.2, -0.15) is 0 Å². The second-order valence-electron chi connectivity index (χ2n) is 9.37. The van der Waals surface area contributed by atoms with E-state index in [0.717, 1.165) is 12.3 Å². The van der Waals surface area contributed by atoms with Crippen LogP contribution in [0.2, 0.25) is 0 Å². The first kappa shape index (κ1) is 27.6. The molecule has 1 N–H and O–H groups in total. The number of rotatable bonds is 7. The van der Waals surface area contributed by atoms with Gasteiger partial charge in [-0.3, -0.25) is 4.79 Å². The van der Waals surface area contributed by atoms with Crippen molar-refractivity contribution in [2.45, 2.75) is 24.8 Å². The van der Waals surface area contributed by atoms with E-state index in [1.807, 2.05) is 5.01 Å². The Morgan fingerprint density at radius 3 is 2.42 bits per heavy atom. The number of anilines is 1. The predicted octanol–water partition coefficient (Wildman–Crippen LogP) is 3.83. The van der Waals surface area contributed by atoms with Crippen molar-refractivity contribution in [3.05, 3.63) is 81.8 Å². The monoisotopic (exact) mass is 573 g/mol. The molecule has 2 aromatic carbocycles. The molecule has 0 aliphatic carbocycles. The van der Waals surface area contributed by atoms with Gasteiger partial charge in [-0.25, -0.2) is 36.2 Å². The fourth-order valence-electron chi connectivity index (χ4n) is 4.62. The van der Waals surface area contributed by atoms with Crippen LogP contribution in [0.15, 0.2) is 58.4 Å². The number of sulfone groups is 1. The molecule has 0 amide bonds. The van der Waals surface area contributed by atoms with Crippen molar-refractivity contribution < 1.29 is 26.3 Å². The third-order valence-corrected chi connectivity index (χ3v) is 7.75. The maximum Gasteiger partial charge on any atom is 0.279 e. The first-order valence-electron chi connectivity index (χ1n) is 12.4.